The average molecular weight is 453 g/mol. The van der Waals surface area contributed by atoms with Crippen molar-refractivity contribution < 1.29 is 14.3 Å². The fraction of sp³-hybridized carbons (Fsp3) is 0.435. The lowest BCUT2D eigenvalue weighted by Crippen LogP contribution is -2.39. The van der Waals surface area contributed by atoms with Crippen LogP contribution in [-0.4, -0.2) is 43.5 Å². The summed E-state index contributed by atoms with van der Waals surface area (Å²) in [7, 11) is 0. The van der Waals surface area contributed by atoms with Gasteiger partial charge in [0.25, 0.3) is 0 Å². The highest BCUT2D eigenvalue weighted by molar-refractivity contribution is 6.32. The molecule has 3 rings (SSSR count). The van der Waals surface area contributed by atoms with Crippen LogP contribution in [0.1, 0.15) is 42.6 Å². The number of carbonyl (C=O) groups excluding carboxylic acids is 1. The van der Waals surface area contributed by atoms with Crippen LogP contribution in [0.4, 0.5) is 0 Å². The van der Waals surface area contributed by atoms with E-state index in [0.29, 0.717) is 40.6 Å². The van der Waals surface area contributed by atoms with Gasteiger partial charge in [0.1, 0.15) is 17.8 Å². The zero-order valence-electron chi connectivity index (χ0n) is 17.6. The molecule has 2 N–H and O–H groups in total. The Kier molecular flexibility index (Phi) is 10.4. The molecule has 2 aromatic carbocycles. The molecular weight excluding hydrogens is 423 g/mol. The van der Waals surface area contributed by atoms with Gasteiger partial charge in [0.2, 0.25) is 0 Å². The molecule has 0 aliphatic carbocycles. The number of aldehydes is 1. The van der Waals surface area contributed by atoms with E-state index >= 15 is 0 Å². The van der Waals surface area contributed by atoms with E-state index in [4.69, 9.17) is 38.4 Å². The summed E-state index contributed by atoms with van der Waals surface area (Å²) in [5, 5.41) is 1.21. The number of likely N-dealkylation sites (tertiary alicyclic amines) is 1. The fourth-order valence-corrected chi connectivity index (χ4v) is 3.49. The summed E-state index contributed by atoms with van der Waals surface area (Å²) >= 11 is 11.9. The number of hydrogen-bond donors (Lipinski definition) is 1. The second-order valence-corrected chi connectivity index (χ2v) is 7.87. The van der Waals surface area contributed by atoms with Gasteiger partial charge in [-0.25, -0.2) is 0 Å². The first-order valence-electron chi connectivity index (χ1n) is 10.2. The predicted octanol–water partition coefficient (Wildman–Crippen LogP) is 5.21. The highest BCUT2D eigenvalue weighted by Gasteiger charge is 2.16. The number of rotatable bonds is 7. The molecule has 0 saturated carbocycles. The van der Waals surface area contributed by atoms with Gasteiger partial charge in [0, 0.05) is 18.2 Å². The van der Waals surface area contributed by atoms with E-state index in [0.717, 1.165) is 44.5 Å². The van der Waals surface area contributed by atoms with Gasteiger partial charge in [-0.3, -0.25) is 9.69 Å². The molecule has 7 heteroatoms. The summed E-state index contributed by atoms with van der Waals surface area (Å²) in [4.78, 5) is 12.8. The van der Waals surface area contributed by atoms with Crippen molar-refractivity contribution in [1.82, 2.24) is 4.90 Å². The Morgan fingerprint density at radius 1 is 1.00 bits per heavy atom. The summed E-state index contributed by atoms with van der Waals surface area (Å²) in [6.45, 7) is 8.12. The van der Waals surface area contributed by atoms with Gasteiger partial charge in [0.05, 0.1) is 23.3 Å². The molecule has 1 fully saturated rings. The number of nitrogens with zero attached hydrogens (tertiary/aromatic N) is 1. The number of piperidine rings is 1. The molecule has 1 heterocycles. The lowest BCUT2D eigenvalue weighted by molar-refractivity contribution is 0.112. The van der Waals surface area contributed by atoms with Crippen LogP contribution in [0.5, 0.6) is 11.5 Å². The number of carbonyl (C=O) groups is 1. The summed E-state index contributed by atoms with van der Waals surface area (Å²) in [5.41, 5.74) is 7.73. The van der Waals surface area contributed by atoms with Crippen molar-refractivity contribution >= 4 is 29.5 Å². The van der Waals surface area contributed by atoms with Crippen LogP contribution in [0, 0.1) is 0 Å². The molecule has 5 nitrogen and oxygen atoms in total. The summed E-state index contributed by atoms with van der Waals surface area (Å²) < 4.78 is 10.7. The third-order valence-electron chi connectivity index (χ3n) is 4.73. The molecule has 30 heavy (non-hydrogen) atoms. The van der Waals surface area contributed by atoms with Gasteiger partial charge in [-0.2, -0.15) is 0 Å². The summed E-state index contributed by atoms with van der Waals surface area (Å²) in [6, 6.07) is 11.3. The lowest BCUT2D eigenvalue weighted by Gasteiger charge is -2.30. The van der Waals surface area contributed by atoms with Gasteiger partial charge in [-0.15, -0.1) is 0 Å². The van der Waals surface area contributed by atoms with Crippen molar-refractivity contribution in [1.29, 1.82) is 0 Å². The second kappa shape index (κ2) is 12.8. The minimum absolute atomic E-state index is 0.380. The topological polar surface area (TPSA) is 64.8 Å². The van der Waals surface area contributed by atoms with Gasteiger partial charge in [0.15, 0.2) is 0 Å². The predicted molar refractivity (Wildman–Crippen MR) is 123 cm³/mol. The van der Waals surface area contributed by atoms with Crippen LogP contribution < -0.4 is 15.2 Å². The van der Waals surface area contributed by atoms with E-state index in [1.165, 1.54) is 5.56 Å². The van der Waals surface area contributed by atoms with Crippen LogP contribution >= 0.6 is 23.2 Å². The molecule has 1 saturated heterocycles. The van der Waals surface area contributed by atoms with Crippen LogP contribution in [0.3, 0.4) is 0 Å². The Balaban J connectivity index is 0.000000232. The molecule has 0 amide bonds. The third kappa shape index (κ3) is 7.80. The van der Waals surface area contributed by atoms with Crippen LogP contribution in [0.15, 0.2) is 36.4 Å². The van der Waals surface area contributed by atoms with E-state index in [1.54, 1.807) is 18.2 Å². The monoisotopic (exact) mass is 452 g/mol. The smallest absolute Gasteiger partial charge is 0.150 e. The SMILES string of the molecule is CCOc1cc(C=O)ccc1Cl.CCOc1cc(CN2CCC(N)CC2)ccc1Cl. The quantitative estimate of drug-likeness (QED) is 0.583. The van der Waals surface area contributed by atoms with E-state index in [2.05, 4.69) is 11.0 Å². The van der Waals surface area contributed by atoms with Crippen LogP contribution in [0.25, 0.3) is 0 Å². The standard InChI is InChI=1S/C14H21ClN2O.C9H9ClO2/c1-2-18-14-9-11(3-4-13(14)15)10-17-7-5-12(16)6-8-17;1-2-12-9-5-7(6-11)3-4-8(9)10/h3-4,9,12H,2,5-8,10,16H2,1H3;3-6H,2H2,1H3. The van der Waals surface area contributed by atoms with Crippen LogP contribution in [0.2, 0.25) is 10.0 Å². The van der Waals surface area contributed by atoms with Crippen molar-refractivity contribution in [3.8, 4) is 11.5 Å². The Morgan fingerprint density at radius 2 is 1.57 bits per heavy atom. The molecule has 164 valence electrons. The first-order chi connectivity index (χ1) is 14.5. The molecule has 1 aliphatic heterocycles. The third-order valence-corrected chi connectivity index (χ3v) is 5.35. The lowest BCUT2D eigenvalue weighted by atomic mass is 10.1. The van der Waals surface area contributed by atoms with Gasteiger partial charge >= 0.3 is 0 Å². The molecular formula is C23H30Cl2N2O3. The maximum absolute atomic E-state index is 10.4. The number of halogens is 2. The first kappa shape index (κ1) is 24.5. The summed E-state index contributed by atoms with van der Waals surface area (Å²) in [5.74, 6) is 1.34. The Bertz CT molecular complexity index is 809. The maximum atomic E-state index is 10.4. The Labute approximate surface area is 189 Å². The molecule has 0 unspecified atom stereocenters. The minimum Gasteiger partial charge on any atom is -0.492 e. The zero-order valence-corrected chi connectivity index (χ0v) is 19.1. The molecule has 0 radical (unpaired) electrons. The fourth-order valence-electron chi connectivity index (χ4n) is 3.14. The van der Waals surface area contributed by atoms with Crippen molar-refractivity contribution in [3.63, 3.8) is 0 Å². The maximum Gasteiger partial charge on any atom is 0.150 e. The summed E-state index contributed by atoms with van der Waals surface area (Å²) in [6.07, 6.45) is 2.94. The number of benzene rings is 2. The molecule has 0 atom stereocenters. The normalized spacial score (nSPS) is 14.6. The highest BCUT2D eigenvalue weighted by atomic mass is 35.5. The number of ether oxygens (including phenoxy) is 2. The Morgan fingerprint density at radius 3 is 2.13 bits per heavy atom. The highest BCUT2D eigenvalue weighted by Crippen LogP contribution is 2.27. The number of nitrogens with two attached hydrogens (primary N) is 1. The molecule has 0 bridgehead atoms. The van der Waals surface area contributed by atoms with Gasteiger partial charge in [-0.1, -0.05) is 29.3 Å². The van der Waals surface area contributed by atoms with Crippen molar-refractivity contribution in [3.05, 3.63) is 57.6 Å². The molecule has 0 aromatic heterocycles. The van der Waals surface area contributed by atoms with Gasteiger partial charge in [-0.05, 0) is 75.7 Å². The molecule has 1 aliphatic rings. The minimum atomic E-state index is 0.380. The van der Waals surface area contributed by atoms with E-state index < -0.39 is 0 Å². The zero-order chi connectivity index (χ0) is 21.9. The van der Waals surface area contributed by atoms with Crippen LogP contribution in [-0.2, 0) is 6.54 Å². The van der Waals surface area contributed by atoms with Crippen molar-refractivity contribution in [2.45, 2.75) is 39.3 Å². The van der Waals surface area contributed by atoms with E-state index in [1.807, 2.05) is 26.0 Å². The number of hydrogen-bond acceptors (Lipinski definition) is 5. The second-order valence-electron chi connectivity index (χ2n) is 7.05. The Hall–Kier alpha value is -1.79. The largest absolute Gasteiger partial charge is 0.492 e. The molecule has 0 spiro atoms. The van der Waals surface area contributed by atoms with E-state index in [9.17, 15) is 4.79 Å². The van der Waals surface area contributed by atoms with Gasteiger partial charge < -0.3 is 15.2 Å². The van der Waals surface area contributed by atoms with Crippen molar-refractivity contribution in [2.75, 3.05) is 26.3 Å². The average Bonchev–Trinajstić information content (AvgIpc) is 2.74. The van der Waals surface area contributed by atoms with Crippen molar-refractivity contribution in [2.24, 2.45) is 5.73 Å². The van der Waals surface area contributed by atoms with E-state index in [-0.39, 0.29) is 0 Å². The molecule has 2 aromatic rings. The first-order valence-corrected chi connectivity index (χ1v) is 11.0.